The molecule has 17 heavy (non-hydrogen) atoms. The molecule has 1 aromatic carbocycles. The largest absolute Gasteiger partial charge is 0.508 e. The van der Waals surface area contributed by atoms with Crippen LogP contribution in [-0.4, -0.2) is 26.1 Å². The summed E-state index contributed by atoms with van der Waals surface area (Å²) in [5.41, 5.74) is -0.226. The number of hydrogen-bond donors (Lipinski definition) is 4. The summed E-state index contributed by atoms with van der Waals surface area (Å²) in [6.45, 7) is 5.49. The maximum Gasteiger partial charge on any atom is 0.332 e. The summed E-state index contributed by atoms with van der Waals surface area (Å²) in [7, 11) is 0. The molecule has 0 aliphatic heterocycles. The Hall–Kier alpha value is -1.56. The molecule has 0 aliphatic rings. The first-order valence-electron chi connectivity index (χ1n) is 5.04. The molecule has 0 atom stereocenters. The number of anilines is 1. The fourth-order valence-electron chi connectivity index (χ4n) is 1.10. The van der Waals surface area contributed by atoms with Crippen LogP contribution in [0.15, 0.2) is 18.2 Å². The number of hydrogen-bond acceptors (Lipinski definition) is 4. The molecule has 3 N–H and O–H groups in total. The van der Waals surface area contributed by atoms with Gasteiger partial charge in [-0.25, -0.2) is 4.79 Å². The fraction of sp³-hybridized carbons (Fsp3) is 0.364. The van der Waals surface area contributed by atoms with Crippen LogP contribution in [0.3, 0.4) is 0 Å². The predicted molar refractivity (Wildman–Crippen MR) is 69.4 cm³/mol. The van der Waals surface area contributed by atoms with Gasteiger partial charge in [0.2, 0.25) is 0 Å². The SMILES string of the molecule is CC(C)(C)N(S)C(=O)Nc1ccc(O)cc1O. The second-order valence-electron chi connectivity index (χ2n) is 4.61. The Morgan fingerprint density at radius 1 is 1.35 bits per heavy atom. The normalized spacial score (nSPS) is 11.1. The lowest BCUT2D eigenvalue weighted by molar-refractivity contribution is 0.216. The van der Waals surface area contributed by atoms with Crippen LogP contribution in [0, 0.1) is 0 Å². The van der Waals surface area contributed by atoms with Crippen molar-refractivity contribution in [3.63, 3.8) is 0 Å². The highest BCUT2D eigenvalue weighted by molar-refractivity contribution is 7.78. The Morgan fingerprint density at radius 2 is 1.94 bits per heavy atom. The van der Waals surface area contributed by atoms with Gasteiger partial charge in [-0.3, -0.25) is 4.31 Å². The van der Waals surface area contributed by atoms with E-state index >= 15 is 0 Å². The maximum absolute atomic E-state index is 11.8. The highest BCUT2D eigenvalue weighted by Crippen LogP contribution is 2.28. The Bertz CT molecular complexity index is 429. The van der Waals surface area contributed by atoms with Crippen molar-refractivity contribution in [3.8, 4) is 11.5 Å². The predicted octanol–water partition coefficient (Wildman–Crippen LogP) is 2.58. The first-order valence-corrected chi connectivity index (χ1v) is 5.44. The van der Waals surface area contributed by atoms with Crippen molar-refractivity contribution in [1.82, 2.24) is 4.31 Å². The van der Waals surface area contributed by atoms with Crippen molar-refractivity contribution in [1.29, 1.82) is 0 Å². The van der Waals surface area contributed by atoms with Crippen molar-refractivity contribution < 1.29 is 15.0 Å². The number of rotatable bonds is 1. The number of amides is 2. The first kappa shape index (κ1) is 13.5. The molecule has 0 bridgehead atoms. The number of carbonyl (C=O) groups is 1. The summed E-state index contributed by atoms with van der Waals surface area (Å²) in [4.78, 5) is 11.8. The van der Waals surface area contributed by atoms with E-state index in [1.807, 2.05) is 20.8 Å². The zero-order valence-corrected chi connectivity index (χ0v) is 10.8. The molecule has 0 radical (unpaired) electrons. The van der Waals surface area contributed by atoms with Gasteiger partial charge in [0.25, 0.3) is 0 Å². The first-order chi connectivity index (χ1) is 7.71. The lowest BCUT2D eigenvalue weighted by Crippen LogP contribution is -2.41. The van der Waals surface area contributed by atoms with E-state index in [0.29, 0.717) is 0 Å². The molecular weight excluding hydrogens is 240 g/mol. The summed E-state index contributed by atoms with van der Waals surface area (Å²) < 4.78 is 1.22. The van der Waals surface area contributed by atoms with E-state index in [2.05, 4.69) is 18.1 Å². The second kappa shape index (κ2) is 4.75. The lowest BCUT2D eigenvalue weighted by atomic mass is 10.1. The molecule has 1 rings (SSSR count). The minimum Gasteiger partial charge on any atom is -0.508 e. The Morgan fingerprint density at radius 3 is 2.41 bits per heavy atom. The van der Waals surface area contributed by atoms with Crippen molar-refractivity contribution in [2.24, 2.45) is 0 Å². The van der Waals surface area contributed by atoms with E-state index < -0.39 is 11.6 Å². The number of phenolic OH excluding ortho intramolecular Hbond substituents is 2. The van der Waals surface area contributed by atoms with E-state index in [9.17, 15) is 9.90 Å². The van der Waals surface area contributed by atoms with Gasteiger partial charge in [-0.2, -0.15) is 0 Å². The Kier molecular flexibility index (Phi) is 3.77. The molecule has 0 fully saturated rings. The number of nitrogens with one attached hydrogen (secondary N) is 1. The summed E-state index contributed by atoms with van der Waals surface area (Å²) in [6.07, 6.45) is 0. The van der Waals surface area contributed by atoms with Crippen molar-refractivity contribution in [2.75, 3.05) is 5.32 Å². The molecule has 94 valence electrons. The van der Waals surface area contributed by atoms with Gasteiger partial charge < -0.3 is 15.5 Å². The monoisotopic (exact) mass is 256 g/mol. The van der Waals surface area contributed by atoms with Crippen LogP contribution >= 0.6 is 12.8 Å². The lowest BCUT2D eigenvalue weighted by Gasteiger charge is -2.30. The molecule has 0 spiro atoms. The van der Waals surface area contributed by atoms with Gasteiger partial charge in [-0.1, -0.05) is 12.8 Å². The van der Waals surface area contributed by atoms with Crippen LogP contribution in [0.4, 0.5) is 10.5 Å². The van der Waals surface area contributed by atoms with Gasteiger partial charge >= 0.3 is 6.03 Å². The molecule has 0 heterocycles. The van der Waals surface area contributed by atoms with Crippen molar-refractivity contribution in [3.05, 3.63) is 18.2 Å². The number of nitrogens with zero attached hydrogens (tertiary/aromatic N) is 1. The van der Waals surface area contributed by atoms with E-state index in [4.69, 9.17) is 5.11 Å². The molecule has 0 aromatic heterocycles. The maximum atomic E-state index is 11.8. The van der Waals surface area contributed by atoms with E-state index in [1.165, 1.54) is 16.4 Å². The zero-order valence-electron chi connectivity index (χ0n) is 9.93. The highest BCUT2D eigenvalue weighted by Gasteiger charge is 2.24. The highest BCUT2D eigenvalue weighted by atomic mass is 32.1. The van der Waals surface area contributed by atoms with E-state index in [1.54, 1.807) is 0 Å². The molecule has 0 saturated heterocycles. The molecule has 6 heteroatoms. The Labute approximate surface area is 106 Å². The summed E-state index contributed by atoms with van der Waals surface area (Å²) in [5.74, 6) is -0.270. The molecular formula is C11H16N2O3S. The summed E-state index contributed by atoms with van der Waals surface area (Å²) >= 11 is 4.08. The fourth-order valence-corrected chi connectivity index (χ4v) is 1.15. The average molecular weight is 256 g/mol. The number of phenols is 2. The van der Waals surface area contributed by atoms with Gasteiger partial charge in [0.1, 0.15) is 11.5 Å². The molecule has 2 amide bonds. The number of aromatic hydroxyl groups is 2. The quantitative estimate of drug-likeness (QED) is 0.354. The third-order valence-corrected chi connectivity index (χ3v) is 2.83. The average Bonchev–Trinajstić information content (AvgIpc) is 2.19. The minimum absolute atomic E-state index is 0.0703. The van der Waals surface area contributed by atoms with Gasteiger partial charge in [-0.05, 0) is 32.9 Å². The Balaban J connectivity index is 2.82. The van der Waals surface area contributed by atoms with Crippen LogP contribution in [-0.2, 0) is 0 Å². The van der Waals surface area contributed by atoms with E-state index in [0.717, 1.165) is 6.07 Å². The van der Waals surface area contributed by atoms with Crippen LogP contribution in [0.5, 0.6) is 11.5 Å². The van der Waals surface area contributed by atoms with Gasteiger partial charge in [0, 0.05) is 11.6 Å². The molecule has 5 nitrogen and oxygen atoms in total. The number of carbonyl (C=O) groups excluding carboxylic acids is 1. The number of benzene rings is 1. The van der Waals surface area contributed by atoms with Crippen LogP contribution in [0.1, 0.15) is 20.8 Å². The zero-order chi connectivity index (χ0) is 13.2. The van der Waals surface area contributed by atoms with Crippen LogP contribution < -0.4 is 5.32 Å². The van der Waals surface area contributed by atoms with Gasteiger partial charge in [0.05, 0.1) is 5.69 Å². The molecule has 0 unspecified atom stereocenters. The second-order valence-corrected chi connectivity index (χ2v) is 5.01. The van der Waals surface area contributed by atoms with Gasteiger partial charge in [0.15, 0.2) is 0 Å². The molecule has 0 saturated carbocycles. The standard InChI is InChI=1S/C11H16N2O3S/c1-11(2,3)13(17)10(16)12-8-5-4-7(14)6-9(8)15/h4-6,14-15,17H,1-3H3,(H,12,16). The van der Waals surface area contributed by atoms with Crippen molar-refractivity contribution >= 4 is 24.5 Å². The third-order valence-electron chi connectivity index (χ3n) is 2.05. The topological polar surface area (TPSA) is 72.8 Å². The summed E-state index contributed by atoms with van der Waals surface area (Å²) in [6, 6.07) is 3.47. The van der Waals surface area contributed by atoms with Gasteiger partial charge in [-0.15, -0.1) is 0 Å². The number of urea groups is 1. The smallest absolute Gasteiger partial charge is 0.332 e. The third kappa shape index (κ3) is 3.45. The number of thiol groups is 1. The van der Waals surface area contributed by atoms with E-state index in [-0.39, 0.29) is 17.2 Å². The van der Waals surface area contributed by atoms with Crippen molar-refractivity contribution in [2.45, 2.75) is 26.3 Å². The van der Waals surface area contributed by atoms with Crippen LogP contribution in [0.25, 0.3) is 0 Å². The molecule has 0 aliphatic carbocycles. The minimum atomic E-state index is -0.457. The molecule has 1 aromatic rings. The van der Waals surface area contributed by atoms with Crippen LogP contribution in [0.2, 0.25) is 0 Å². The summed E-state index contributed by atoms with van der Waals surface area (Å²) in [5, 5.41) is 21.1.